The maximum atomic E-state index is 13.4. The molecule has 4 rings (SSSR count). The van der Waals surface area contributed by atoms with Crippen LogP contribution in [0.1, 0.15) is 108 Å². The minimum absolute atomic E-state index is 0.386. The maximum absolute atomic E-state index is 13.4. The Bertz CT molecular complexity index is 1220. The summed E-state index contributed by atoms with van der Waals surface area (Å²) in [5.74, 6) is 0.804. The van der Waals surface area contributed by atoms with Crippen LogP contribution < -0.4 is 20.4 Å². The van der Waals surface area contributed by atoms with Crippen LogP contribution >= 0.6 is 0 Å². The smallest absolute Gasteiger partial charge is 0.399 e. The van der Waals surface area contributed by atoms with Gasteiger partial charge in [-0.1, -0.05) is 65.8 Å². The van der Waals surface area contributed by atoms with Gasteiger partial charge >= 0.3 is 20.4 Å². The van der Waals surface area contributed by atoms with Crippen molar-refractivity contribution >= 4 is 31.3 Å². The topological polar surface area (TPSA) is 72.5 Å². The van der Waals surface area contributed by atoms with E-state index in [0.717, 1.165) is 22.1 Å². The molecule has 0 spiro atoms. The second-order valence-electron chi connectivity index (χ2n) is 15.6. The van der Waals surface area contributed by atoms with Crippen LogP contribution in [0, 0.1) is 0 Å². The minimum atomic E-state index is -0.830. The number of ether oxygens (including phenoxy) is 2. The summed E-state index contributed by atoms with van der Waals surface area (Å²) in [6.07, 6.45) is -0.830. The van der Waals surface area contributed by atoms with Crippen molar-refractivity contribution in [2.75, 3.05) is 0 Å². The third kappa shape index (κ3) is 6.03. The van der Waals surface area contributed by atoms with Gasteiger partial charge in [-0.05, 0) is 89.3 Å². The van der Waals surface area contributed by atoms with Crippen molar-refractivity contribution in [3.8, 4) is 11.5 Å². The van der Waals surface area contributed by atoms with E-state index in [1.807, 2.05) is 79.7 Å². The van der Waals surface area contributed by atoms with Crippen molar-refractivity contribution < 1.29 is 32.9 Å². The quantitative estimate of drug-likeness (QED) is 0.234. The molecular weight excluding hydrogens is 530 g/mol. The molecule has 9 heteroatoms. The van der Waals surface area contributed by atoms with E-state index in [0.29, 0.717) is 11.5 Å². The van der Waals surface area contributed by atoms with Gasteiger partial charge in [0.05, 0.1) is 22.4 Å². The predicted octanol–water partition coefficient (Wildman–Crippen LogP) is 6.46. The zero-order chi connectivity index (χ0) is 31.7. The summed E-state index contributed by atoms with van der Waals surface area (Å²) < 4.78 is 37.4. The Morgan fingerprint density at radius 1 is 0.571 bits per heavy atom. The van der Waals surface area contributed by atoms with Gasteiger partial charge in [0.15, 0.2) is 0 Å². The second kappa shape index (κ2) is 10.4. The Morgan fingerprint density at radius 3 is 1.12 bits per heavy atom. The van der Waals surface area contributed by atoms with Crippen LogP contribution in [0.15, 0.2) is 36.4 Å². The highest BCUT2D eigenvalue weighted by molar-refractivity contribution is 6.63. The fraction of sp³-hybridized carbons (Fsp3) is 0.606. The number of carbonyl (C=O) groups is 1. The first kappa shape index (κ1) is 32.6. The van der Waals surface area contributed by atoms with Crippen LogP contribution in [0.5, 0.6) is 11.5 Å². The molecule has 228 valence electrons. The van der Waals surface area contributed by atoms with Crippen LogP contribution in [0.25, 0.3) is 0 Å². The summed E-state index contributed by atoms with van der Waals surface area (Å²) in [4.78, 5) is 13.4. The van der Waals surface area contributed by atoms with Gasteiger partial charge in [0, 0.05) is 11.1 Å². The summed E-state index contributed by atoms with van der Waals surface area (Å²) in [5, 5.41) is 0. The van der Waals surface area contributed by atoms with Crippen LogP contribution in [-0.2, 0) is 29.4 Å². The average Bonchev–Trinajstić information content (AvgIpc) is 3.16. The number of benzene rings is 2. The van der Waals surface area contributed by atoms with E-state index in [2.05, 4.69) is 41.5 Å². The molecule has 0 aromatic heterocycles. The lowest BCUT2D eigenvalue weighted by atomic mass is 9.69. The molecule has 2 aliphatic heterocycles. The summed E-state index contributed by atoms with van der Waals surface area (Å²) in [7, 11) is -1.21. The van der Waals surface area contributed by atoms with Gasteiger partial charge in [-0.15, -0.1) is 0 Å². The maximum Gasteiger partial charge on any atom is 0.519 e. The molecule has 0 N–H and O–H groups in total. The normalized spacial score (nSPS) is 21.0. The van der Waals surface area contributed by atoms with E-state index in [9.17, 15) is 4.79 Å². The predicted molar refractivity (Wildman–Crippen MR) is 168 cm³/mol. The van der Waals surface area contributed by atoms with Crippen LogP contribution in [0.4, 0.5) is 4.79 Å². The number of rotatable bonds is 4. The fourth-order valence-electron chi connectivity index (χ4n) is 5.40. The van der Waals surface area contributed by atoms with E-state index in [1.165, 1.54) is 0 Å². The van der Waals surface area contributed by atoms with Crippen molar-refractivity contribution in [1.29, 1.82) is 0 Å². The average molecular weight is 578 g/mol. The molecule has 0 radical (unpaired) electrons. The molecule has 0 atom stereocenters. The van der Waals surface area contributed by atoms with E-state index in [1.54, 1.807) is 12.1 Å². The lowest BCUT2D eigenvalue weighted by Crippen LogP contribution is -2.41. The van der Waals surface area contributed by atoms with Gasteiger partial charge in [0.1, 0.15) is 11.5 Å². The van der Waals surface area contributed by atoms with Gasteiger partial charge in [-0.3, -0.25) is 0 Å². The Hall–Kier alpha value is -2.32. The standard InChI is InChI=1S/C33H48B2O7/c1-28(2,3)25-21(34-39-30(7,8)31(9,10)40-34)17-15-19-23(25)37-27(36)38-24-20-16-18-22(26(24)29(4,5)6)35-41-32(11,12)33(13,14)42-35/h15-20H,1-14H3. The van der Waals surface area contributed by atoms with Crippen molar-refractivity contribution in [3.63, 3.8) is 0 Å². The van der Waals surface area contributed by atoms with Crippen LogP contribution in [0.2, 0.25) is 0 Å². The second-order valence-corrected chi connectivity index (χ2v) is 15.6. The zero-order valence-electron chi connectivity index (χ0n) is 28.0. The molecule has 0 aliphatic carbocycles. The Morgan fingerprint density at radius 2 is 0.857 bits per heavy atom. The SMILES string of the molecule is CC(C)(C)c1c(OC(=O)Oc2cccc(B3OC(C)(C)C(C)(C)O3)c2C(C)(C)C)cccc1B1OC(C)(C)C(C)(C)O1. The van der Waals surface area contributed by atoms with Gasteiger partial charge in [-0.2, -0.15) is 0 Å². The third-order valence-electron chi connectivity index (χ3n) is 9.02. The van der Waals surface area contributed by atoms with Crippen LogP contribution in [-0.4, -0.2) is 42.8 Å². The molecule has 2 saturated heterocycles. The first-order chi connectivity index (χ1) is 19.0. The lowest BCUT2D eigenvalue weighted by Gasteiger charge is -2.32. The summed E-state index contributed by atoms with van der Waals surface area (Å²) >= 11 is 0. The molecular formula is C33H48B2O7. The summed E-state index contributed by atoms with van der Waals surface area (Å²) in [6.45, 7) is 28.6. The van der Waals surface area contributed by atoms with Crippen molar-refractivity contribution in [2.24, 2.45) is 0 Å². The molecule has 0 unspecified atom stereocenters. The van der Waals surface area contributed by atoms with Gasteiger partial charge in [-0.25, -0.2) is 4.79 Å². The first-order valence-corrected chi connectivity index (χ1v) is 14.8. The highest BCUT2D eigenvalue weighted by Gasteiger charge is 2.54. The molecule has 0 saturated carbocycles. The highest BCUT2D eigenvalue weighted by Crippen LogP contribution is 2.40. The number of carbonyl (C=O) groups excluding carboxylic acids is 1. The molecule has 42 heavy (non-hydrogen) atoms. The molecule has 2 aromatic carbocycles. The molecule has 2 fully saturated rings. The Labute approximate surface area is 253 Å². The third-order valence-corrected chi connectivity index (χ3v) is 9.02. The van der Waals surface area contributed by atoms with E-state index < -0.39 is 42.8 Å². The van der Waals surface area contributed by atoms with Crippen molar-refractivity contribution in [1.82, 2.24) is 0 Å². The highest BCUT2D eigenvalue weighted by atomic mass is 16.7. The molecule has 0 amide bonds. The van der Waals surface area contributed by atoms with Gasteiger partial charge in [0.2, 0.25) is 0 Å². The lowest BCUT2D eigenvalue weighted by molar-refractivity contribution is 0.00578. The van der Waals surface area contributed by atoms with E-state index in [4.69, 9.17) is 28.1 Å². The van der Waals surface area contributed by atoms with Crippen molar-refractivity contribution in [3.05, 3.63) is 47.5 Å². The fourth-order valence-corrected chi connectivity index (χ4v) is 5.40. The summed E-state index contributed by atoms with van der Waals surface area (Å²) in [6, 6.07) is 11.2. The number of hydrogen-bond acceptors (Lipinski definition) is 7. The molecule has 7 nitrogen and oxygen atoms in total. The van der Waals surface area contributed by atoms with Crippen molar-refractivity contribution in [2.45, 2.75) is 130 Å². The Balaban J connectivity index is 1.67. The van der Waals surface area contributed by atoms with Gasteiger partial charge in [0.25, 0.3) is 0 Å². The van der Waals surface area contributed by atoms with E-state index >= 15 is 0 Å². The minimum Gasteiger partial charge on any atom is -0.399 e. The Kier molecular flexibility index (Phi) is 8.07. The van der Waals surface area contributed by atoms with E-state index in [-0.39, 0.29) is 10.8 Å². The molecule has 2 aliphatic rings. The largest absolute Gasteiger partial charge is 0.519 e. The first-order valence-electron chi connectivity index (χ1n) is 14.8. The monoisotopic (exact) mass is 578 g/mol. The zero-order valence-corrected chi connectivity index (χ0v) is 28.0. The number of hydrogen-bond donors (Lipinski definition) is 0. The summed E-state index contributed by atoms with van der Waals surface area (Å²) in [5.41, 5.74) is 0.496. The molecule has 2 heterocycles. The van der Waals surface area contributed by atoms with Crippen LogP contribution in [0.3, 0.4) is 0 Å². The van der Waals surface area contributed by atoms with Gasteiger partial charge < -0.3 is 28.1 Å². The molecule has 0 bridgehead atoms. The molecule has 2 aromatic rings.